The molecule has 0 radical (unpaired) electrons. The fourth-order valence-electron chi connectivity index (χ4n) is 4.63. The molecule has 0 spiro atoms. The number of alkyl halides is 3. The molecule has 1 N–H and O–H groups in total. The van der Waals surface area contributed by atoms with Crippen LogP contribution in [0.5, 0.6) is 0 Å². The van der Waals surface area contributed by atoms with Crippen LogP contribution < -0.4 is 5.32 Å². The first-order valence-corrected chi connectivity index (χ1v) is 10.6. The average Bonchev–Trinajstić information content (AvgIpc) is 3.38. The Morgan fingerprint density at radius 1 is 1.06 bits per heavy atom. The zero-order valence-corrected chi connectivity index (χ0v) is 16.8. The lowest BCUT2D eigenvalue weighted by Crippen LogP contribution is -2.36. The number of nitrogens with one attached hydrogen (secondary N) is 1. The molecule has 2 heterocycles. The quantitative estimate of drug-likeness (QED) is 0.614. The first-order chi connectivity index (χ1) is 14.9. The molecule has 3 aromatic rings. The molecule has 5 rings (SSSR count). The van der Waals surface area contributed by atoms with Crippen LogP contribution in [-0.4, -0.2) is 21.7 Å². The van der Waals surface area contributed by atoms with Gasteiger partial charge in [-0.3, -0.25) is 4.79 Å². The number of aromatic nitrogens is 2. The van der Waals surface area contributed by atoms with Crippen molar-refractivity contribution >= 4 is 5.91 Å². The second-order valence-electron chi connectivity index (χ2n) is 8.20. The molecule has 8 heteroatoms. The smallest absolute Gasteiger partial charge is 0.435 e. The van der Waals surface area contributed by atoms with Crippen molar-refractivity contribution in [2.75, 3.05) is 0 Å². The van der Waals surface area contributed by atoms with Gasteiger partial charge >= 0.3 is 6.18 Å². The van der Waals surface area contributed by atoms with Crippen LogP contribution in [0.3, 0.4) is 0 Å². The fourth-order valence-corrected chi connectivity index (χ4v) is 4.63. The topological polar surface area (TPSA) is 60.1 Å². The van der Waals surface area contributed by atoms with Crippen molar-refractivity contribution in [2.24, 2.45) is 0 Å². The van der Waals surface area contributed by atoms with Crippen LogP contribution in [0.4, 0.5) is 13.2 Å². The molecule has 0 aliphatic heterocycles. The number of hydrogen-bond donors (Lipinski definition) is 1. The van der Waals surface area contributed by atoms with Gasteiger partial charge in [0.2, 0.25) is 0 Å². The summed E-state index contributed by atoms with van der Waals surface area (Å²) in [6.45, 7) is 0. The lowest BCUT2D eigenvalue weighted by atomic mass is 9.94. The summed E-state index contributed by atoms with van der Waals surface area (Å²) < 4.78 is 47.7. The van der Waals surface area contributed by atoms with Crippen LogP contribution in [0.25, 0.3) is 16.9 Å². The molecule has 31 heavy (non-hydrogen) atoms. The zero-order chi connectivity index (χ0) is 21.6. The minimum Gasteiger partial charge on any atom is -0.469 e. The van der Waals surface area contributed by atoms with Gasteiger partial charge in [-0.2, -0.15) is 18.3 Å². The fraction of sp³-hybridized carbons (Fsp3) is 0.391. The predicted molar refractivity (Wildman–Crippen MR) is 108 cm³/mol. The van der Waals surface area contributed by atoms with Crippen LogP contribution in [0.2, 0.25) is 0 Å². The third kappa shape index (κ3) is 3.64. The minimum atomic E-state index is -4.55. The third-order valence-electron chi connectivity index (χ3n) is 6.17. The van der Waals surface area contributed by atoms with Gasteiger partial charge in [-0.1, -0.05) is 19.3 Å². The van der Waals surface area contributed by atoms with E-state index in [-0.39, 0.29) is 23.9 Å². The number of furan rings is 1. The van der Waals surface area contributed by atoms with Gasteiger partial charge in [0.1, 0.15) is 5.76 Å². The van der Waals surface area contributed by atoms with Crippen LogP contribution in [0.15, 0.2) is 41.0 Å². The summed E-state index contributed by atoms with van der Waals surface area (Å²) in [5.74, 6) is 0.500. The Morgan fingerprint density at radius 3 is 2.52 bits per heavy atom. The van der Waals surface area contributed by atoms with Crippen LogP contribution in [0, 0.1) is 0 Å². The summed E-state index contributed by atoms with van der Waals surface area (Å²) in [5.41, 5.74) is 1.30. The van der Waals surface area contributed by atoms with Gasteiger partial charge < -0.3 is 9.73 Å². The highest BCUT2D eigenvalue weighted by atomic mass is 19.4. The van der Waals surface area contributed by atoms with Gasteiger partial charge in [0, 0.05) is 29.2 Å². The molecule has 1 aromatic carbocycles. The van der Waals surface area contributed by atoms with Crippen molar-refractivity contribution in [3.8, 4) is 16.9 Å². The molecule has 0 atom stereocenters. The van der Waals surface area contributed by atoms with E-state index in [1.165, 1.54) is 17.4 Å². The first kappa shape index (κ1) is 19.9. The van der Waals surface area contributed by atoms with Crippen molar-refractivity contribution in [2.45, 2.75) is 57.2 Å². The number of carbonyl (C=O) groups is 1. The van der Waals surface area contributed by atoms with Crippen molar-refractivity contribution in [3.05, 3.63) is 59.2 Å². The second-order valence-corrected chi connectivity index (χ2v) is 8.20. The SMILES string of the molecule is O=C(NC1CCCCC1)c1ccc(-n2nc(C(F)(F)F)c3c2-c2ccoc2CC3)cc1. The van der Waals surface area contributed by atoms with Gasteiger partial charge in [0.05, 0.1) is 17.6 Å². The van der Waals surface area contributed by atoms with E-state index in [0.29, 0.717) is 34.7 Å². The van der Waals surface area contributed by atoms with Crippen molar-refractivity contribution in [3.63, 3.8) is 0 Å². The van der Waals surface area contributed by atoms with E-state index in [1.807, 2.05) is 0 Å². The van der Waals surface area contributed by atoms with E-state index >= 15 is 0 Å². The van der Waals surface area contributed by atoms with E-state index in [9.17, 15) is 18.0 Å². The third-order valence-corrected chi connectivity index (χ3v) is 6.17. The van der Waals surface area contributed by atoms with Crippen LogP contribution >= 0.6 is 0 Å². The number of hydrogen-bond acceptors (Lipinski definition) is 3. The van der Waals surface area contributed by atoms with Gasteiger partial charge in [-0.05, 0) is 49.6 Å². The number of nitrogens with zero attached hydrogens (tertiary/aromatic N) is 2. The molecule has 2 aromatic heterocycles. The number of benzene rings is 1. The summed E-state index contributed by atoms with van der Waals surface area (Å²) in [5, 5.41) is 6.98. The lowest BCUT2D eigenvalue weighted by molar-refractivity contribution is -0.142. The highest BCUT2D eigenvalue weighted by Gasteiger charge is 2.41. The Hall–Kier alpha value is -3.03. The summed E-state index contributed by atoms with van der Waals surface area (Å²) in [4.78, 5) is 12.6. The highest BCUT2D eigenvalue weighted by Crippen LogP contribution is 2.42. The Kier molecular flexibility index (Phi) is 4.87. The average molecular weight is 429 g/mol. The molecule has 2 aliphatic rings. The van der Waals surface area contributed by atoms with Crippen molar-refractivity contribution in [1.29, 1.82) is 0 Å². The Balaban J connectivity index is 1.48. The summed E-state index contributed by atoms with van der Waals surface area (Å²) in [6.07, 6.45) is 2.97. The number of rotatable bonds is 3. The maximum atomic E-state index is 13.6. The number of amides is 1. The van der Waals surface area contributed by atoms with Gasteiger partial charge in [0.15, 0.2) is 5.69 Å². The van der Waals surface area contributed by atoms with Crippen molar-refractivity contribution < 1.29 is 22.4 Å². The molecular formula is C23H22F3N3O2. The molecule has 1 fully saturated rings. The van der Waals surface area contributed by atoms with E-state index in [4.69, 9.17) is 4.42 Å². The molecule has 162 valence electrons. The van der Waals surface area contributed by atoms with Gasteiger partial charge in [-0.15, -0.1) is 0 Å². The second kappa shape index (κ2) is 7.59. The monoisotopic (exact) mass is 429 g/mol. The summed E-state index contributed by atoms with van der Waals surface area (Å²) in [6, 6.07) is 8.40. The molecule has 0 unspecified atom stereocenters. The molecule has 2 aliphatic carbocycles. The summed E-state index contributed by atoms with van der Waals surface area (Å²) in [7, 11) is 0. The maximum absolute atomic E-state index is 13.6. The Labute approximate surface area is 177 Å². The molecule has 1 amide bonds. The van der Waals surface area contributed by atoms with E-state index < -0.39 is 11.9 Å². The molecule has 0 saturated heterocycles. The van der Waals surface area contributed by atoms with E-state index in [1.54, 1.807) is 30.3 Å². The zero-order valence-electron chi connectivity index (χ0n) is 16.8. The lowest BCUT2D eigenvalue weighted by Gasteiger charge is -2.22. The largest absolute Gasteiger partial charge is 0.469 e. The standard InChI is InChI=1S/C23H22F3N3O2/c24-23(25,26)21-18-10-11-19-17(12-13-31-19)20(18)29(28-21)16-8-6-14(7-9-16)22(30)27-15-4-2-1-3-5-15/h6-9,12-13,15H,1-5,10-11H2,(H,27,30). The van der Waals surface area contributed by atoms with E-state index in [0.717, 1.165) is 25.7 Å². The Morgan fingerprint density at radius 2 is 1.81 bits per heavy atom. The first-order valence-electron chi connectivity index (χ1n) is 10.6. The van der Waals surface area contributed by atoms with Gasteiger partial charge in [-0.25, -0.2) is 4.68 Å². The molecule has 5 nitrogen and oxygen atoms in total. The highest BCUT2D eigenvalue weighted by molar-refractivity contribution is 5.94. The molecule has 1 saturated carbocycles. The number of carbonyl (C=O) groups excluding carboxylic acids is 1. The number of fused-ring (bicyclic) bond motifs is 3. The summed E-state index contributed by atoms with van der Waals surface area (Å²) >= 11 is 0. The minimum absolute atomic E-state index is 0.158. The number of aryl methyl sites for hydroxylation is 1. The van der Waals surface area contributed by atoms with Crippen molar-refractivity contribution in [1.82, 2.24) is 15.1 Å². The Bertz CT molecular complexity index is 1110. The van der Waals surface area contributed by atoms with E-state index in [2.05, 4.69) is 10.4 Å². The van der Waals surface area contributed by atoms with Crippen LogP contribution in [-0.2, 0) is 19.0 Å². The van der Waals surface area contributed by atoms with Crippen LogP contribution in [0.1, 0.15) is 59.5 Å². The molecular weight excluding hydrogens is 407 g/mol. The maximum Gasteiger partial charge on any atom is 0.435 e. The normalized spacial score (nSPS) is 16.6. The van der Waals surface area contributed by atoms with Gasteiger partial charge in [0.25, 0.3) is 5.91 Å². The molecule has 0 bridgehead atoms. The predicted octanol–water partition coefficient (Wildman–Crippen LogP) is 5.31. The number of halogens is 3.